The van der Waals surface area contributed by atoms with Crippen LogP contribution in [0, 0.1) is 0 Å². The topological polar surface area (TPSA) is 72.0 Å². The summed E-state index contributed by atoms with van der Waals surface area (Å²) in [6.45, 7) is 0. The van der Waals surface area contributed by atoms with Crippen LogP contribution in [0.2, 0.25) is 0 Å². The van der Waals surface area contributed by atoms with Crippen LogP contribution in [0.15, 0.2) is 54.6 Å². The number of aromatic nitrogens is 1. The molecule has 0 spiro atoms. The van der Waals surface area contributed by atoms with Crippen molar-refractivity contribution < 1.29 is 4.42 Å². The lowest BCUT2D eigenvalue weighted by molar-refractivity contribution is 0.555. The van der Waals surface area contributed by atoms with Gasteiger partial charge in [-0.15, -0.1) is 0 Å². The zero-order valence-electron chi connectivity index (χ0n) is 10.2. The molecular formula is C14H10Br2N2O2. The van der Waals surface area contributed by atoms with Crippen LogP contribution in [0.25, 0.3) is 11.1 Å². The summed E-state index contributed by atoms with van der Waals surface area (Å²) in [7, 11) is 0. The summed E-state index contributed by atoms with van der Waals surface area (Å²) >= 11 is 6.92. The van der Waals surface area contributed by atoms with Gasteiger partial charge in [0, 0.05) is 8.95 Å². The van der Waals surface area contributed by atoms with Crippen molar-refractivity contribution in [2.24, 2.45) is 5.73 Å². The molecule has 3 aromatic rings. The Kier molecular flexibility index (Phi) is 3.54. The summed E-state index contributed by atoms with van der Waals surface area (Å²) in [6, 6.07) is 11.0. The second-order valence-corrected chi connectivity index (χ2v) is 6.18. The molecular weight excluding hydrogens is 388 g/mol. The van der Waals surface area contributed by atoms with Crippen molar-refractivity contribution in [3.05, 3.63) is 67.0 Å². The first-order valence-corrected chi connectivity index (χ1v) is 7.46. The maximum absolute atomic E-state index is 11.2. The molecule has 20 heavy (non-hydrogen) atoms. The Balaban J connectivity index is 2.06. The van der Waals surface area contributed by atoms with Crippen LogP contribution >= 0.6 is 31.9 Å². The third kappa shape index (κ3) is 2.46. The molecule has 6 heteroatoms. The summed E-state index contributed by atoms with van der Waals surface area (Å²) in [5, 5.41) is 0. The average Bonchev–Trinajstić information content (AvgIpc) is 2.77. The maximum Gasteiger partial charge on any atom is 0.417 e. The number of oxazole rings is 1. The molecule has 1 unspecified atom stereocenters. The Hall–Kier alpha value is -1.37. The van der Waals surface area contributed by atoms with Crippen LogP contribution in [0.1, 0.15) is 17.2 Å². The van der Waals surface area contributed by atoms with E-state index in [1.54, 1.807) is 12.1 Å². The van der Waals surface area contributed by atoms with Gasteiger partial charge in [-0.1, -0.05) is 44.0 Å². The van der Waals surface area contributed by atoms with E-state index in [1.807, 2.05) is 24.3 Å². The molecule has 3 N–H and O–H groups in total. The van der Waals surface area contributed by atoms with Crippen LogP contribution in [0.4, 0.5) is 0 Å². The number of benzene rings is 2. The Morgan fingerprint density at radius 1 is 1.15 bits per heavy atom. The lowest BCUT2D eigenvalue weighted by Crippen LogP contribution is -2.12. The zero-order valence-corrected chi connectivity index (χ0v) is 13.4. The van der Waals surface area contributed by atoms with E-state index in [4.69, 9.17) is 10.2 Å². The maximum atomic E-state index is 11.2. The number of H-pyrrole nitrogens is 1. The Morgan fingerprint density at radius 3 is 2.70 bits per heavy atom. The number of nitrogens with one attached hydrogen (secondary N) is 1. The van der Waals surface area contributed by atoms with Crippen molar-refractivity contribution >= 4 is 43.0 Å². The molecule has 1 atom stereocenters. The number of fused-ring (bicyclic) bond motifs is 1. The molecule has 0 aliphatic heterocycles. The predicted octanol–water partition coefficient (Wildman–Crippen LogP) is 3.69. The highest BCUT2D eigenvalue weighted by Gasteiger charge is 2.14. The molecule has 102 valence electrons. The van der Waals surface area contributed by atoms with E-state index in [2.05, 4.69) is 36.8 Å². The fourth-order valence-corrected chi connectivity index (χ4v) is 3.38. The number of aromatic amines is 1. The first kappa shape index (κ1) is 13.6. The average molecular weight is 398 g/mol. The van der Waals surface area contributed by atoms with E-state index in [-0.39, 0.29) is 6.04 Å². The van der Waals surface area contributed by atoms with Crippen LogP contribution < -0.4 is 11.5 Å². The van der Waals surface area contributed by atoms with E-state index in [0.29, 0.717) is 11.1 Å². The van der Waals surface area contributed by atoms with Gasteiger partial charge in [-0.25, -0.2) is 4.79 Å². The van der Waals surface area contributed by atoms with Crippen molar-refractivity contribution in [3.8, 4) is 0 Å². The molecule has 1 aromatic heterocycles. The molecule has 0 aliphatic carbocycles. The summed E-state index contributed by atoms with van der Waals surface area (Å²) < 4.78 is 6.96. The summed E-state index contributed by atoms with van der Waals surface area (Å²) in [4.78, 5) is 13.8. The number of rotatable bonds is 2. The van der Waals surface area contributed by atoms with Gasteiger partial charge in [0.05, 0.1) is 11.6 Å². The number of hydrogen-bond donors (Lipinski definition) is 2. The standard InChI is InChI=1S/C14H10Br2N2O2/c15-8-2-3-9(10(16)6-8)13(17)7-1-4-11-12(5-7)20-14(19)18-11/h1-6,13H,17H2,(H,18,19). The first-order chi connectivity index (χ1) is 9.54. The molecule has 0 radical (unpaired) electrons. The summed E-state index contributed by atoms with van der Waals surface area (Å²) in [5.41, 5.74) is 9.31. The highest BCUT2D eigenvalue weighted by molar-refractivity contribution is 9.11. The van der Waals surface area contributed by atoms with Crippen molar-refractivity contribution in [1.82, 2.24) is 4.98 Å². The van der Waals surface area contributed by atoms with Crippen LogP contribution in [-0.4, -0.2) is 4.98 Å². The van der Waals surface area contributed by atoms with Gasteiger partial charge < -0.3 is 10.2 Å². The molecule has 3 rings (SSSR count). The third-order valence-electron chi connectivity index (χ3n) is 3.10. The van der Waals surface area contributed by atoms with Gasteiger partial charge >= 0.3 is 5.76 Å². The molecule has 0 fully saturated rings. The zero-order chi connectivity index (χ0) is 14.3. The van der Waals surface area contributed by atoms with Gasteiger partial charge in [0.15, 0.2) is 5.58 Å². The molecule has 4 nitrogen and oxygen atoms in total. The first-order valence-electron chi connectivity index (χ1n) is 5.88. The molecule has 2 aromatic carbocycles. The van der Waals surface area contributed by atoms with Crippen molar-refractivity contribution in [2.75, 3.05) is 0 Å². The highest BCUT2D eigenvalue weighted by Crippen LogP contribution is 2.30. The molecule has 0 amide bonds. The van der Waals surface area contributed by atoms with Gasteiger partial charge in [-0.05, 0) is 35.4 Å². The van der Waals surface area contributed by atoms with Crippen molar-refractivity contribution in [3.63, 3.8) is 0 Å². The third-order valence-corrected chi connectivity index (χ3v) is 4.28. The normalized spacial score (nSPS) is 12.8. The van der Waals surface area contributed by atoms with Crippen LogP contribution in [0.3, 0.4) is 0 Å². The van der Waals surface area contributed by atoms with Gasteiger partial charge in [0.1, 0.15) is 0 Å². The highest BCUT2D eigenvalue weighted by atomic mass is 79.9. The Morgan fingerprint density at radius 2 is 1.95 bits per heavy atom. The number of hydrogen-bond acceptors (Lipinski definition) is 3. The van der Waals surface area contributed by atoms with E-state index in [9.17, 15) is 4.79 Å². The number of halogens is 2. The second-order valence-electron chi connectivity index (χ2n) is 4.41. The van der Waals surface area contributed by atoms with Crippen molar-refractivity contribution in [1.29, 1.82) is 0 Å². The van der Waals surface area contributed by atoms with Crippen LogP contribution in [0.5, 0.6) is 0 Å². The molecule has 0 saturated carbocycles. The van der Waals surface area contributed by atoms with Gasteiger partial charge in [0.25, 0.3) is 0 Å². The fraction of sp³-hybridized carbons (Fsp3) is 0.0714. The van der Waals surface area contributed by atoms with E-state index in [0.717, 1.165) is 20.1 Å². The van der Waals surface area contributed by atoms with E-state index >= 15 is 0 Å². The lowest BCUT2D eigenvalue weighted by Gasteiger charge is -2.14. The molecule has 0 aliphatic rings. The summed E-state index contributed by atoms with van der Waals surface area (Å²) in [5.74, 6) is -0.462. The fourth-order valence-electron chi connectivity index (χ4n) is 2.09. The van der Waals surface area contributed by atoms with E-state index < -0.39 is 5.76 Å². The lowest BCUT2D eigenvalue weighted by atomic mass is 9.99. The van der Waals surface area contributed by atoms with E-state index in [1.165, 1.54) is 0 Å². The Bertz CT molecular complexity index is 839. The predicted molar refractivity (Wildman–Crippen MR) is 84.7 cm³/mol. The molecule has 1 heterocycles. The van der Waals surface area contributed by atoms with Crippen LogP contribution in [-0.2, 0) is 0 Å². The molecule has 0 saturated heterocycles. The monoisotopic (exact) mass is 396 g/mol. The SMILES string of the molecule is NC(c1ccc2[nH]c(=O)oc2c1)c1ccc(Br)cc1Br. The minimum Gasteiger partial charge on any atom is -0.408 e. The molecule has 0 bridgehead atoms. The quantitative estimate of drug-likeness (QED) is 0.692. The number of nitrogens with two attached hydrogens (primary N) is 1. The van der Waals surface area contributed by atoms with Crippen molar-refractivity contribution in [2.45, 2.75) is 6.04 Å². The van der Waals surface area contributed by atoms with Gasteiger partial charge in [-0.2, -0.15) is 0 Å². The minimum atomic E-state index is -0.462. The Labute approximate surface area is 131 Å². The summed E-state index contributed by atoms with van der Waals surface area (Å²) in [6.07, 6.45) is 0. The van der Waals surface area contributed by atoms with Gasteiger partial charge in [-0.3, -0.25) is 4.98 Å². The largest absolute Gasteiger partial charge is 0.417 e. The smallest absolute Gasteiger partial charge is 0.408 e. The van der Waals surface area contributed by atoms with Gasteiger partial charge in [0.2, 0.25) is 0 Å². The second kappa shape index (κ2) is 5.20. The minimum absolute atomic E-state index is 0.304.